The number of nitrogens with one attached hydrogen (secondary N) is 1. The molecule has 0 fully saturated rings. The van der Waals surface area contributed by atoms with Crippen molar-refractivity contribution in [2.45, 2.75) is 12.8 Å². The summed E-state index contributed by atoms with van der Waals surface area (Å²) in [6.07, 6.45) is 1.87. The van der Waals surface area contributed by atoms with E-state index in [-0.39, 0.29) is 0 Å². The Morgan fingerprint density at radius 2 is 1.58 bits per heavy atom. The van der Waals surface area contributed by atoms with Crippen molar-refractivity contribution in [2.24, 2.45) is 0 Å². The largest absolute Gasteiger partial charge is 0.319 e. The van der Waals surface area contributed by atoms with Gasteiger partial charge in [0.25, 0.3) is 0 Å². The summed E-state index contributed by atoms with van der Waals surface area (Å²) < 4.78 is 0. The van der Waals surface area contributed by atoms with Crippen molar-refractivity contribution in [1.29, 1.82) is 0 Å². The molecule has 0 heterocycles. The summed E-state index contributed by atoms with van der Waals surface area (Å²) in [5, 5.41) is 3.09. The van der Waals surface area contributed by atoms with Crippen LogP contribution in [-0.2, 0) is 6.42 Å². The molecular weight excluding hydrogens is 230 g/mol. The molecule has 0 saturated heterocycles. The molecule has 0 radical (unpaired) electrons. The van der Waals surface area contributed by atoms with Crippen molar-refractivity contribution in [2.75, 3.05) is 13.6 Å². The van der Waals surface area contributed by atoms with Crippen LogP contribution in [0, 0.1) is 11.8 Å². The molecule has 1 heteroatoms. The van der Waals surface area contributed by atoms with Crippen LogP contribution in [-0.4, -0.2) is 13.6 Å². The minimum atomic E-state index is 0.891. The van der Waals surface area contributed by atoms with E-state index in [1.807, 2.05) is 13.1 Å². The first-order valence-corrected chi connectivity index (χ1v) is 6.65. The van der Waals surface area contributed by atoms with Crippen molar-refractivity contribution in [3.05, 3.63) is 71.3 Å². The first-order chi connectivity index (χ1) is 9.38. The second-order valence-electron chi connectivity index (χ2n) is 4.51. The normalized spacial score (nSPS) is 9.74. The lowest BCUT2D eigenvalue weighted by Crippen LogP contribution is -2.05. The monoisotopic (exact) mass is 249 g/mol. The molecule has 0 spiro atoms. The predicted molar refractivity (Wildman–Crippen MR) is 81.1 cm³/mol. The number of rotatable bonds is 4. The van der Waals surface area contributed by atoms with Gasteiger partial charge in [0, 0.05) is 18.5 Å². The van der Waals surface area contributed by atoms with Crippen molar-refractivity contribution < 1.29 is 0 Å². The van der Waals surface area contributed by atoms with Gasteiger partial charge in [-0.3, -0.25) is 0 Å². The number of hydrogen-bond donors (Lipinski definition) is 1. The molecule has 0 amide bonds. The molecule has 0 atom stereocenters. The van der Waals surface area contributed by atoms with Crippen LogP contribution in [0.1, 0.15) is 23.1 Å². The highest BCUT2D eigenvalue weighted by atomic mass is 14.8. The molecular formula is C18H19N. The molecule has 2 aromatic rings. The zero-order valence-electron chi connectivity index (χ0n) is 11.3. The highest BCUT2D eigenvalue weighted by Gasteiger charge is 1.95. The van der Waals surface area contributed by atoms with E-state index in [2.05, 4.69) is 65.7 Å². The van der Waals surface area contributed by atoms with Crippen molar-refractivity contribution in [3.63, 3.8) is 0 Å². The van der Waals surface area contributed by atoms with Crippen molar-refractivity contribution in [1.82, 2.24) is 5.32 Å². The molecule has 0 unspecified atom stereocenters. The van der Waals surface area contributed by atoms with E-state index in [1.165, 1.54) is 11.1 Å². The van der Waals surface area contributed by atoms with Crippen molar-refractivity contribution >= 4 is 0 Å². The lowest BCUT2D eigenvalue weighted by atomic mass is 10.0. The van der Waals surface area contributed by atoms with Gasteiger partial charge < -0.3 is 5.32 Å². The second-order valence-corrected chi connectivity index (χ2v) is 4.51. The molecule has 0 aliphatic rings. The molecule has 0 bridgehead atoms. The second kappa shape index (κ2) is 7.41. The summed E-state index contributed by atoms with van der Waals surface area (Å²) in [6.45, 7) is 0.944. The van der Waals surface area contributed by atoms with Gasteiger partial charge in [-0.15, -0.1) is 0 Å². The van der Waals surface area contributed by atoms with E-state index in [4.69, 9.17) is 0 Å². The predicted octanol–water partition coefficient (Wildman–Crippen LogP) is 3.24. The Bertz CT molecular complexity index is 544. The summed E-state index contributed by atoms with van der Waals surface area (Å²) in [4.78, 5) is 0. The molecule has 0 saturated carbocycles. The lowest BCUT2D eigenvalue weighted by Gasteiger charge is -2.01. The fourth-order valence-corrected chi connectivity index (χ4v) is 1.89. The van der Waals surface area contributed by atoms with Gasteiger partial charge in [-0.25, -0.2) is 0 Å². The Kier molecular flexibility index (Phi) is 5.22. The van der Waals surface area contributed by atoms with E-state index in [0.29, 0.717) is 0 Å². The third-order valence-corrected chi connectivity index (χ3v) is 2.94. The summed E-state index contributed by atoms with van der Waals surface area (Å²) >= 11 is 0. The quantitative estimate of drug-likeness (QED) is 0.648. The third kappa shape index (κ3) is 4.62. The highest BCUT2D eigenvalue weighted by molar-refractivity contribution is 5.37. The molecule has 0 aliphatic heterocycles. The van der Waals surface area contributed by atoms with Crippen LogP contribution in [0.3, 0.4) is 0 Å². The zero-order chi connectivity index (χ0) is 13.3. The van der Waals surface area contributed by atoms with E-state index >= 15 is 0 Å². The van der Waals surface area contributed by atoms with E-state index < -0.39 is 0 Å². The Morgan fingerprint density at radius 1 is 0.895 bits per heavy atom. The van der Waals surface area contributed by atoms with Gasteiger partial charge in [-0.2, -0.15) is 0 Å². The van der Waals surface area contributed by atoms with Gasteiger partial charge in [-0.05, 0) is 36.7 Å². The fourth-order valence-electron chi connectivity index (χ4n) is 1.89. The average molecular weight is 249 g/mol. The maximum absolute atomic E-state index is 3.18. The van der Waals surface area contributed by atoms with E-state index in [1.54, 1.807) is 0 Å². The van der Waals surface area contributed by atoms with Gasteiger partial charge in [0.1, 0.15) is 0 Å². The van der Waals surface area contributed by atoms with Crippen molar-refractivity contribution in [3.8, 4) is 11.8 Å². The molecule has 1 nitrogen and oxygen atoms in total. The smallest absolute Gasteiger partial charge is 0.0245 e. The van der Waals surface area contributed by atoms with E-state index in [0.717, 1.165) is 24.9 Å². The first kappa shape index (κ1) is 13.4. The van der Waals surface area contributed by atoms with Crippen LogP contribution in [0.4, 0.5) is 0 Å². The standard InChI is InChI=1S/C18H19N/c1-19-14-6-5-7-16-10-12-18(13-11-16)15-17-8-3-2-4-9-17/h2-4,8-13,19H,6,14-15H2,1H3. The minimum Gasteiger partial charge on any atom is -0.319 e. The SMILES string of the molecule is CNCCC#Cc1ccc(Cc2ccccc2)cc1. The summed E-state index contributed by atoms with van der Waals surface area (Å²) in [5.74, 6) is 6.34. The summed E-state index contributed by atoms with van der Waals surface area (Å²) in [6, 6.07) is 19.1. The van der Waals surface area contributed by atoms with Crippen LogP contribution >= 0.6 is 0 Å². The fraction of sp³-hybridized carbons (Fsp3) is 0.222. The molecule has 2 aromatic carbocycles. The highest BCUT2D eigenvalue weighted by Crippen LogP contribution is 2.10. The van der Waals surface area contributed by atoms with Gasteiger partial charge in [0.15, 0.2) is 0 Å². The van der Waals surface area contributed by atoms with Crippen LogP contribution in [0.25, 0.3) is 0 Å². The minimum absolute atomic E-state index is 0.891. The van der Waals surface area contributed by atoms with Crippen LogP contribution < -0.4 is 5.32 Å². The van der Waals surface area contributed by atoms with Crippen LogP contribution in [0.2, 0.25) is 0 Å². The van der Waals surface area contributed by atoms with Gasteiger partial charge in [0.2, 0.25) is 0 Å². The Morgan fingerprint density at radius 3 is 2.26 bits per heavy atom. The Hall–Kier alpha value is -2.04. The van der Waals surface area contributed by atoms with Gasteiger partial charge in [0.05, 0.1) is 0 Å². The molecule has 2 rings (SSSR count). The topological polar surface area (TPSA) is 12.0 Å². The molecule has 19 heavy (non-hydrogen) atoms. The van der Waals surface area contributed by atoms with E-state index in [9.17, 15) is 0 Å². The molecule has 0 aromatic heterocycles. The molecule has 1 N–H and O–H groups in total. The first-order valence-electron chi connectivity index (χ1n) is 6.65. The Labute approximate surface area is 115 Å². The maximum atomic E-state index is 3.18. The van der Waals surface area contributed by atoms with Crippen LogP contribution in [0.5, 0.6) is 0 Å². The lowest BCUT2D eigenvalue weighted by molar-refractivity contribution is 0.818. The molecule has 96 valence electrons. The maximum Gasteiger partial charge on any atom is 0.0245 e. The molecule has 0 aliphatic carbocycles. The Balaban J connectivity index is 1.96. The summed E-state index contributed by atoms with van der Waals surface area (Å²) in [5.41, 5.74) is 3.76. The zero-order valence-corrected chi connectivity index (χ0v) is 11.3. The third-order valence-electron chi connectivity index (χ3n) is 2.94. The summed E-state index contributed by atoms with van der Waals surface area (Å²) in [7, 11) is 1.94. The van der Waals surface area contributed by atoms with Gasteiger partial charge in [-0.1, -0.05) is 54.3 Å². The average Bonchev–Trinajstić information content (AvgIpc) is 2.46. The van der Waals surface area contributed by atoms with Crippen LogP contribution in [0.15, 0.2) is 54.6 Å². The number of benzene rings is 2. The van der Waals surface area contributed by atoms with Gasteiger partial charge >= 0.3 is 0 Å². The number of hydrogen-bond acceptors (Lipinski definition) is 1.